The van der Waals surface area contributed by atoms with Crippen molar-refractivity contribution in [3.8, 4) is 0 Å². The van der Waals surface area contributed by atoms with E-state index in [9.17, 15) is 0 Å². The molecule has 0 fully saturated rings. The minimum absolute atomic E-state index is 0.131. The number of nitrogens with zero attached hydrogens (tertiary/aromatic N) is 3. The van der Waals surface area contributed by atoms with Crippen LogP contribution in [0.25, 0.3) is 0 Å². The summed E-state index contributed by atoms with van der Waals surface area (Å²) in [5, 5.41) is 13.1. The summed E-state index contributed by atoms with van der Waals surface area (Å²) in [6.07, 6.45) is 1.45. The van der Waals surface area contributed by atoms with E-state index in [2.05, 4.69) is 10.1 Å². The maximum absolute atomic E-state index is 8.99. The van der Waals surface area contributed by atoms with E-state index in [4.69, 9.17) is 10.8 Å². The van der Waals surface area contributed by atoms with Gasteiger partial charge in [-0.05, 0) is 5.56 Å². The molecule has 2 rings (SSSR count). The standard InChI is InChI=1S/C11H14N4O/c12-10(7-16)11-13-8-14-15(11)6-9-4-2-1-3-5-9/h1-5,8,10,16H,6-7,12H2. The second kappa shape index (κ2) is 4.87. The Bertz CT molecular complexity index is 440. The lowest BCUT2D eigenvalue weighted by Crippen LogP contribution is -2.21. The van der Waals surface area contributed by atoms with Crippen LogP contribution in [0, 0.1) is 0 Å². The van der Waals surface area contributed by atoms with Gasteiger partial charge in [0.1, 0.15) is 12.2 Å². The fourth-order valence-corrected chi connectivity index (χ4v) is 1.52. The SMILES string of the molecule is NC(CO)c1ncnn1Cc1ccccc1. The van der Waals surface area contributed by atoms with Gasteiger partial charge in [-0.1, -0.05) is 30.3 Å². The summed E-state index contributed by atoms with van der Waals surface area (Å²) in [7, 11) is 0. The monoisotopic (exact) mass is 218 g/mol. The topological polar surface area (TPSA) is 77.0 Å². The summed E-state index contributed by atoms with van der Waals surface area (Å²) in [6.45, 7) is 0.483. The molecule has 0 radical (unpaired) electrons. The number of nitrogens with two attached hydrogens (primary N) is 1. The van der Waals surface area contributed by atoms with Crippen molar-refractivity contribution < 1.29 is 5.11 Å². The molecule has 0 spiro atoms. The summed E-state index contributed by atoms with van der Waals surface area (Å²) >= 11 is 0. The number of hydrogen-bond donors (Lipinski definition) is 2. The number of hydrogen-bond acceptors (Lipinski definition) is 4. The molecule has 0 amide bonds. The van der Waals surface area contributed by atoms with Gasteiger partial charge in [0.2, 0.25) is 0 Å². The van der Waals surface area contributed by atoms with E-state index in [0.29, 0.717) is 12.4 Å². The van der Waals surface area contributed by atoms with Gasteiger partial charge < -0.3 is 10.8 Å². The van der Waals surface area contributed by atoms with Crippen LogP contribution in [-0.4, -0.2) is 26.5 Å². The smallest absolute Gasteiger partial charge is 0.146 e. The Morgan fingerprint density at radius 3 is 2.75 bits per heavy atom. The molecule has 0 aliphatic carbocycles. The van der Waals surface area contributed by atoms with Gasteiger partial charge in [0.15, 0.2) is 0 Å². The van der Waals surface area contributed by atoms with E-state index in [-0.39, 0.29) is 6.61 Å². The molecular weight excluding hydrogens is 204 g/mol. The van der Waals surface area contributed by atoms with Crippen LogP contribution in [0.2, 0.25) is 0 Å². The summed E-state index contributed by atoms with van der Waals surface area (Å²) in [6, 6.07) is 9.44. The lowest BCUT2D eigenvalue weighted by Gasteiger charge is -2.10. The summed E-state index contributed by atoms with van der Waals surface area (Å²) in [5.41, 5.74) is 6.84. The van der Waals surface area contributed by atoms with Crippen molar-refractivity contribution in [2.45, 2.75) is 12.6 Å². The van der Waals surface area contributed by atoms with Crippen LogP contribution in [0.1, 0.15) is 17.4 Å². The third-order valence-corrected chi connectivity index (χ3v) is 2.35. The van der Waals surface area contributed by atoms with Crippen LogP contribution in [0.15, 0.2) is 36.7 Å². The van der Waals surface area contributed by atoms with Gasteiger partial charge >= 0.3 is 0 Å². The molecule has 0 aliphatic rings. The molecule has 1 aromatic carbocycles. The van der Waals surface area contributed by atoms with E-state index in [1.54, 1.807) is 4.68 Å². The zero-order valence-electron chi connectivity index (χ0n) is 8.82. The zero-order chi connectivity index (χ0) is 11.4. The van der Waals surface area contributed by atoms with Crippen molar-refractivity contribution in [2.75, 3.05) is 6.61 Å². The van der Waals surface area contributed by atoms with Crippen LogP contribution in [0.4, 0.5) is 0 Å². The molecule has 3 N–H and O–H groups in total. The molecule has 5 nitrogen and oxygen atoms in total. The molecule has 84 valence electrons. The molecule has 0 aliphatic heterocycles. The number of aliphatic hydroxyl groups excluding tert-OH is 1. The zero-order valence-corrected chi connectivity index (χ0v) is 8.82. The minimum Gasteiger partial charge on any atom is -0.394 e. The molecule has 16 heavy (non-hydrogen) atoms. The molecule has 1 aromatic heterocycles. The molecule has 0 saturated carbocycles. The Kier molecular flexibility index (Phi) is 3.28. The first kappa shape index (κ1) is 10.8. The normalized spacial score (nSPS) is 12.6. The highest BCUT2D eigenvalue weighted by atomic mass is 16.3. The first-order valence-electron chi connectivity index (χ1n) is 5.09. The fraction of sp³-hybridized carbons (Fsp3) is 0.273. The number of benzene rings is 1. The molecule has 0 bridgehead atoms. The van der Waals surface area contributed by atoms with E-state index in [1.165, 1.54) is 6.33 Å². The van der Waals surface area contributed by atoms with Gasteiger partial charge in [-0.2, -0.15) is 5.10 Å². The Hall–Kier alpha value is -1.72. The van der Waals surface area contributed by atoms with E-state index >= 15 is 0 Å². The number of rotatable bonds is 4. The minimum atomic E-state index is -0.480. The largest absolute Gasteiger partial charge is 0.394 e. The first-order chi connectivity index (χ1) is 7.81. The van der Waals surface area contributed by atoms with Crippen molar-refractivity contribution >= 4 is 0 Å². The molecular formula is C11H14N4O. The fourth-order valence-electron chi connectivity index (χ4n) is 1.52. The first-order valence-corrected chi connectivity index (χ1v) is 5.09. The predicted octanol–water partition coefficient (Wildman–Crippen LogP) is 0.318. The second-order valence-corrected chi connectivity index (χ2v) is 3.55. The van der Waals surface area contributed by atoms with Gasteiger partial charge in [-0.25, -0.2) is 9.67 Å². The lowest BCUT2D eigenvalue weighted by atomic mass is 10.2. The highest BCUT2D eigenvalue weighted by molar-refractivity contribution is 5.15. The molecule has 1 heterocycles. The molecule has 1 atom stereocenters. The highest BCUT2D eigenvalue weighted by Gasteiger charge is 2.12. The Morgan fingerprint density at radius 2 is 2.06 bits per heavy atom. The van der Waals surface area contributed by atoms with Gasteiger partial charge in [-0.3, -0.25) is 0 Å². The average Bonchev–Trinajstić information content (AvgIpc) is 2.77. The second-order valence-electron chi connectivity index (χ2n) is 3.55. The summed E-state index contributed by atoms with van der Waals surface area (Å²) in [5.74, 6) is 0.603. The average molecular weight is 218 g/mol. The Labute approximate surface area is 93.5 Å². The summed E-state index contributed by atoms with van der Waals surface area (Å²) in [4.78, 5) is 4.05. The van der Waals surface area contributed by atoms with Crippen LogP contribution in [0.5, 0.6) is 0 Å². The van der Waals surface area contributed by atoms with Crippen LogP contribution >= 0.6 is 0 Å². The van der Waals surface area contributed by atoms with E-state index < -0.39 is 6.04 Å². The van der Waals surface area contributed by atoms with Crippen molar-refractivity contribution in [3.05, 3.63) is 48.0 Å². The van der Waals surface area contributed by atoms with Gasteiger partial charge in [0.25, 0.3) is 0 Å². The Morgan fingerprint density at radius 1 is 1.31 bits per heavy atom. The summed E-state index contributed by atoms with van der Waals surface area (Å²) < 4.78 is 1.70. The van der Waals surface area contributed by atoms with Gasteiger partial charge in [0, 0.05) is 0 Å². The third kappa shape index (κ3) is 2.26. The number of aromatic nitrogens is 3. The van der Waals surface area contributed by atoms with Crippen LogP contribution < -0.4 is 5.73 Å². The van der Waals surface area contributed by atoms with Crippen molar-refractivity contribution in [1.29, 1.82) is 0 Å². The molecule has 2 aromatic rings. The van der Waals surface area contributed by atoms with Crippen molar-refractivity contribution in [3.63, 3.8) is 0 Å². The van der Waals surface area contributed by atoms with Crippen molar-refractivity contribution in [1.82, 2.24) is 14.8 Å². The van der Waals surface area contributed by atoms with Crippen LogP contribution in [-0.2, 0) is 6.54 Å². The van der Waals surface area contributed by atoms with Crippen LogP contribution in [0.3, 0.4) is 0 Å². The van der Waals surface area contributed by atoms with Crippen molar-refractivity contribution in [2.24, 2.45) is 5.73 Å². The maximum atomic E-state index is 8.99. The third-order valence-electron chi connectivity index (χ3n) is 2.35. The Balaban J connectivity index is 2.19. The van der Waals surface area contributed by atoms with E-state index in [1.807, 2.05) is 30.3 Å². The lowest BCUT2D eigenvalue weighted by molar-refractivity contribution is 0.260. The maximum Gasteiger partial charge on any atom is 0.146 e. The van der Waals surface area contributed by atoms with E-state index in [0.717, 1.165) is 5.56 Å². The quantitative estimate of drug-likeness (QED) is 0.774. The molecule has 5 heteroatoms. The molecule has 0 saturated heterocycles. The predicted molar refractivity (Wildman–Crippen MR) is 59.6 cm³/mol. The molecule has 1 unspecified atom stereocenters. The highest BCUT2D eigenvalue weighted by Crippen LogP contribution is 2.08. The van der Waals surface area contributed by atoms with Gasteiger partial charge in [0.05, 0.1) is 19.2 Å². The van der Waals surface area contributed by atoms with Gasteiger partial charge in [-0.15, -0.1) is 0 Å². The number of aliphatic hydroxyl groups is 1.